The maximum Gasteiger partial charge on any atom is 0.107 e. The van der Waals surface area contributed by atoms with E-state index in [-0.39, 0.29) is 0 Å². The second kappa shape index (κ2) is 6.77. The number of piperidine rings is 1. The summed E-state index contributed by atoms with van der Waals surface area (Å²) in [6, 6.07) is 23.2. The Morgan fingerprint density at radius 2 is 1.41 bits per heavy atom. The molecular weight excluding hydrogens is 268 g/mol. The minimum Gasteiger partial charge on any atom is -0.317 e. The van der Waals surface area contributed by atoms with Crippen LogP contribution < -0.4 is 5.32 Å². The molecule has 0 saturated carbocycles. The van der Waals surface area contributed by atoms with E-state index < -0.39 is 5.41 Å². The third-order valence-electron chi connectivity index (χ3n) is 4.78. The van der Waals surface area contributed by atoms with Crippen molar-refractivity contribution in [2.75, 3.05) is 13.1 Å². The van der Waals surface area contributed by atoms with Crippen molar-refractivity contribution < 1.29 is 0 Å². The highest BCUT2D eigenvalue weighted by atomic mass is 14.9. The Bertz CT molecular complexity index is 582. The van der Waals surface area contributed by atoms with Crippen molar-refractivity contribution in [1.82, 2.24) is 5.32 Å². The Hall–Kier alpha value is -2.11. The number of hydrogen-bond acceptors (Lipinski definition) is 2. The summed E-state index contributed by atoms with van der Waals surface area (Å²) in [5.41, 5.74) is 1.69. The zero-order valence-electron chi connectivity index (χ0n) is 12.8. The first kappa shape index (κ1) is 14.8. The largest absolute Gasteiger partial charge is 0.317 e. The van der Waals surface area contributed by atoms with E-state index in [9.17, 15) is 5.26 Å². The second-order valence-corrected chi connectivity index (χ2v) is 6.15. The van der Waals surface area contributed by atoms with Gasteiger partial charge in [-0.25, -0.2) is 0 Å². The van der Waals surface area contributed by atoms with Crippen LogP contribution in [-0.2, 0) is 5.41 Å². The van der Waals surface area contributed by atoms with Crippen LogP contribution in [0, 0.1) is 17.2 Å². The summed E-state index contributed by atoms with van der Waals surface area (Å²) in [6.07, 6.45) is 3.21. The fourth-order valence-corrected chi connectivity index (χ4v) is 3.54. The van der Waals surface area contributed by atoms with Gasteiger partial charge in [0.2, 0.25) is 0 Å². The summed E-state index contributed by atoms with van der Waals surface area (Å²) in [7, 11) is 0. The van der Waals surface area contributed by atoms with Crippen LogP contribution in [0.25, 0.3) is 0 Å². The molecule has 0 aromatic heterocycles. The van der Waals surface area contributed by atoms with Gasteiger partial charge in [0.15, 0.2) is 0 Å². The number of nitriles is 1. The first-order valence-corrected chi connectivity index (χ1v) is 8.08. The van der Waals surface area contributed by atoms with E-state index in [4.69, 9.17) is 0 Å². The van der Waals surface area contributed by atoms with Crippen molar-refractivity contribution in [3.05, 3.63) is 71.8 Å². The van der Waals surface area contributed by atoms with Gasteiger partial charge >= 0.3 is 0 Å². The van der Waals surface area contributed by atoms with Crippen LogP contribution in [0.5, 0.6) is 0 Å². The van der Waals surface area contributed by atoms with E-state index in [0.717, 1.165) is 43.5 Å². The molecule has 1 N–H and O–H groups in total. The van der Waals surface area contributed by atoms with Crippen LogP contribution >= 0.6 is 0 Å². The molecule has 2 aromatic carbocycles. The first-order valence-electron chi connectivity index (χ1n) is 8.08. The van der Waals surface area contributed by atoms with Gasteiger partial charge in [-0.2, -0.15) is 5.26 Å². The van der Waals surface area contributed by atoms with Gasteiger partial charge in [-0.05, 0) is 49.4 Å². The van der Waals surface area contributed by atoms with Crippen LogP contribution in [0.3, 0.4) is 0 Å². The number of rotatable bonds is 4. The van der Waals surface area contributed by atoms with Gasteiger partial charge in [-0.15, -0.1) is 0 Å². The molecule has 3 rings (SSSR count). The van der Waals surface area contributed by atoms with E-state index in [1.807, 2.05) is 36.4 Å². The molecule has 22 heavy (non-hydrogen) atoms. The Balaban J connectivity index is 2.03. The fraction of sp³-hybridized carbons (Fsp3) is 0.350. The molecule has 1 heterocycles. The maximum atomic E-state index is 10.1. The standard InChI is InChI=1S/C20H22N2/c21-16-20(18-7-3-1-4-8-18,19-9-5-2-6-10-19)15-17-11-13-22-14-12-17/h1-10,17,22H,11-15H2. The third-order valence-corrected chi connectivity index (χ3v) is 4.78. The SMILES string of the molecule is N#CC(CC1CCNCC1)(c1ccccc1)c1ccccc1. The minimum absolute atomic E-state index is 0.537. The molecule has 0 spiro atoms. The van der Waals surface area contributed by atoms with Gasteiger partial charge in [0.25, 0.3) is 0 Å². The molecule has 0 unspecified atom stereocenters. The molecule has 2 heteroatoms. The van der Waals surface area contributed by atoms with Gasteiger partial charge < -0.3 is 5.32 Å². The van der Waals surface area contributed by atoms with Crippen molar-refractivity contribution in [2.24, 2.45) is 5.92 Å². The zero-order valence-corrected chi connectivity index (χ0v) is 12.8. The summed E-state index contributed by atoms with van der Waals surface area (Å²) in [5.74, 6) is 0.598. The monoisotopic (exact) mass is 290 g/mol. The van der Waals surface area contributed by atoms with Gasteiger partial charge in [0, 0.05) is 0 Å². The van der Waals surface area contributed by atoms with Gasteiger partial charge in [0.1, 0.15) is 5.41 Å². The highest BCUT2D eigenvalue weighted by Gasteiger charge is 2.37. The molecule has 1 aliphatic rings. The smallest absolute Gasteiger partial charge is 0.107 e. The highest BCUT2D eigenvalue weighted by Crippen LogP contribution is 2.39. The molecule has 1 saturated heterocycles. The molecule has 2 aromatic rings. The van der Waals surface area contributed by atoms with Crippen LogP contribution in [0.2, 0.25) is 0 Å². The number of benzene rings is 2. The fourth-order valence-electron chi connectivity index (χ4n) is 3.54. The van der Waals surface area contributed by atoms with E-state index in [2.05, 4.69) is 35.7 Å². The topological polar surface area (TPSA) is 35.8 Å². The second-order valence-electron chi connectivity index (χ2n) is 6.15. The molecule has 0 atom stereocenters. The van der Waals surface area contributed by atoms with Crippen molar-refractivity contribution in [2.45, 2.75) is 24.7 Å². The third kappa shape index (κ3) is 2.91. The Labute approximate surface area is 132 Å². The predicted molar refractivity (Wildman–Crippen MR) is 89.5 cm³/mol. The molecular formula is C20H22N2. The average Bonchev–Trinajstić information content (AvgIpc) is 2.62. The lowest BCUT2D eigenvalue weighted by atomic mass is 9.68. The Morgan fingerprint density at radius 1 is 0.909 bits per heavy atom. The lowest BCUT2D eigenvalue weighted by Crippen LogP contribution is -2.34. The van der Waals surface area contributed by atoms with Crippen LogP contribution in [0.1, 0.15) is 30.4 Å². The van der Waals surface area contributed by atoms with E-state index in [1.54, 1.807) is 0 Å². The van der Waals surface area contributed by atoms with Gasteiger partial charge in [0.05, 0.1) is 6.07 Å². The summed E-state index contributed by atoms with van der Waals surface area (Å²) in [4.78, 5) is 0. The highest BCUT2D eigenvalue weighted by molar-refractivity contribution is 5.45. The lowest BCUT2D eigenvalue weighted by molar-refractivity contribution is 0.320. The maximum absolute atomic E-state index is 10.1. The Morgan fingerprint density at radius 3 is 1.86 bits per heavy atom. The number of hydrogen-bond donors (Lipinski definition) is 1. The van der Waals surface area contributed by atoms with E-state index >= 15 is 0 Å². The normalized spacial score (nSPS) is 16.1. The molecule has 0 aliphatic carbocycles. The minimum atomic E-state index is -0.537. The van der Waals surface area contributed by atoms with Crippen LogP contribution in [0.15, 0.2) is 60.7 Å². The van der Waals surface area contributed by atoms with Crippen molar-refractivity contribution in [1.29, 1.82) is 5.26 Å². The van der Waals surface area contributed by atoms with Crippen LogP contribution in [0.4, 0.5) is 0 Å². The van der Waals surface area contributed by atoms with Crippen molar-refractivity contribution >= 4 is 0 Å². The average molecular weight is 290 g/mol. The summed E-state index contributed by atoms with van der Waals surface area (Å²) >= 11 is 0. The predicted octanol–water partition coefficient (Wildman–Crippen LogP) is 3.89. The first-order chi connectivity index (χ1) is 10.8. The van der Waals surface area contributed by atoms with E-state index in [0.29, 0.717) is 5.92 Å². The molecule has 0 amide bonds. The summed E-state index contributed by atoms with van der Waals surface area (Å²) < 4.78 is 0. The molecule has 0 radical (unpaired) electrons. The quantitative estimate of drug-likeness (QED) is 0.927. The van der Waals surface area contributed by atoms with Crippen molar-refractivity contribution in [3.63, 3.8) is 0 Å². The summed E-state index contributed by atoms with van der Waals surface area (Å²) in [6.45, 7) is 2.13. The molecule has 1 fully saturated rings. The van der Waals surface area contributed by atoms with Crippen molar-refractivity contribution in [3.8, 4) is 6.07 Å². The molecule has 0 bridgehead atoms. The van der Waals surface area contributed by atoms with Gasteiger partial charge in [-0.1, -0.05) is 60.7 Å². The molecule has 1 aliphatic heterocycles. The van der Waals surface area contributed by atoms with Crippen LogP contribution in [-0.4, -0.2) is 13.1 Å². The van der Waals surface area contributed by atoms with E-state index in [1.165, 1.54) is 0 Å². The molecule has 112 valence electrons. The summed E-state index contributed by atoms with van der Waals surface area (Å²) in [5, 5.41) is 13.6. The Kier molecular flexibility index (Phi) is 4.56. The zero-order chi connectivity index (χ0) is 15.3. The molecule has 2 nitrogen and oxygen atoms in total. The van der Waals surface area contributed by atoms with Gasteiger partial charge in [-0.3, -0.25) is 0 Å². The number of nitrogens with one attached hydrogen (secondary N) is 1. The number of nitrogens with zero attached hydrogens (tertiary/aromatic N) is 1. The lowest BCUT2D eigenvalue weighted by Gasteiger charge is -2.33.